The molecule has 0 amide bonds. The number of fused-ring (bicyclic) bond motifs is 6. The van der Waals surface area contributed by atoms with Crippen LogP contribution in [0.3, 0.4) is 0 Å². The lowest BCUT2D eigenvalue weighted by Gasteiger charge is -2.03. The molecule has 1 aromatic carbocycles. The summed E-state index contributed by atoms with van der Waals surface area (Å²) in [5, 5.41) is 2.46. The summed E-state index contributed by atoms with van der Waals surface area (Å²) < 4.78 is 2.35. The van der Waals surface area contributed by atoms with Gasteiger partial charge >= 0.3 is 0 Å². The van der Waals surface area contributed by atoms with E-state index in [-0.39, 0.29) is 0 Å². The molecule has 4 heteroatoms. The molecule has 2 nitrogen and oxygen atoms in total. The second kappa shape index (κ2) is 3.99. The Labute approximate surface area is 117 Å². The molecule has 94 valence electrons. The summed E-state index contributed by atoms with van der Waals surface area (Å²) in [5.74, 6) is 0. The molecule has 1 aliphatic rings. The number of carbonyl (C=O) groups excluding carboxylic acids is 2. The van der Waals surface area contributed by atoms with Crippen LogP contribution in [0, 0.1) is 0 Å². The molecule has 0 bridgehead atoms. The minimum atomic E-state index is 0.776. The SMILES string of the molecule is O=Cc1cc2c3c(c4cc(C=O)sc4c2s1)CCC3. The van der Waals surface area contributed by atoms with E-state index in [2.05, 4.69) is 0 Å². The van der Waals surface area contributed by atoms with E-state index in [0.717, 1.165) is 35.2 Å². The molecule has 19 heavy (non-hydrogen) atoms. The van der Waals surface area contributed by atoms with Crippen molar-refractivity contribution >= 4 is 55.4 Å². The summed E-state index contributed by atoms with van der Waals surface area (Å²) in [6.45, 7) is 0. The number of benzene rings is 1. The molecule has 2 aromatic heterocycles. The Bertz CT molecular complexity index is 769. The van der Waals surface area contributed by atoms with Crippen LogP contribution in [0.4, 0.5) is 0 Å². The lowest BCUT2D eigenvalue weighted by atomic mass is 10.0. The molecule has 2 heterocycles. The Balaban J connectivity index is 2.24. The average Bonchev–Trinajstić information content (AvgIpc) is 3.13. The van der Waals surface area contributed by atoms with Gasteiger partial charge in [0.05, 0.1) is 19.2 Å². The van der Waals surface area contributed by atoms with Crippen molar-refractivity contribution in [1.29, 1.82) is 0 Å². The summed E-state index contributed by atoms with van der Waals surface area (Å²) in [4.78, 5) is 23.6. The van der Waals surface area contributed by atoms with Crippen LogP contribution >= 0.6 is 22.7 Å². The number of rotatable bonds is 2. The third kappa shape index (κ3) is 1.47. The standard InChI is InChI=1S/C15H10O2S2/c16-6-8-4-12-10-2-1-3-11(10)13-5-9(7-17)19-15(13)14(12)18-8/h4-7H,1-3H2. The number of aldehydes is 2. The second-order valence-corrected chi connectivity index (χ2v) is 7.00. The predicted molar refractivity (Wildman–Crippen MR) is 80.0 cm³/mol. The Morgan fingerprint density at radius 3 is 1.74 bits per heavy atom. The zero-order valence-electron chi connectivity index (χ0n) is 10.1. The first-order chi connectivity index (χ1) is 9.31. The molecule has 0 unspecified atom stereocenters. The quantitative estimate of drug-likeness (QED) is 0.661. The number of thiophene rings is 2. The fourth-order valence-electron chi connectivity index (χ4n) is 3.06. The maximum atomic E-state index is 11.0. The van der Waals surface area contributed by atoms with Crippen LogP contribution in [-0.4, -0.2) is 12.6 Å². The molecule has 3 aromatic rings. The fourth-order valence-corrected chi connectivity index (χ4v) is 5.22. The van der Waals surface area contributed by atoms with Crippen molar-refractivity contribution in [3.63, 3.8) is 0 Å². The Morgan fingerprint density at radius 1 is 0.842 bits per heavy atom. The summed E-state index contributed by atoms with van der Waals surface area (Å²) in [5.41, 5.74) is 2.78. The Morgan fingerprint density at radius 2 is 1.32 bits per heavy atom. The van der Waals surface area contributed by atoms with Gasteiger partial charge in [-0.1, -0.05) is 0 Å². The molecule has 4 rings (SSSR count). The first-order valence-electron chi connectivity index (χ1n) is 6.23. The van der Waals surface area contributed by atoms with E-state index < -0.39 is 0 Å². The van der Waals surface area contributed by atoms with E-state index in [4.69, 9.17) is 0 Å². The van der Waals surface area contributed by atoms with E-state index in [1.165, 1.54) is 37.7 Å². The minimum Gasteiger partial charge on any atom is -0.297 e. The molecule has 1 aliphatic carbocycles. The van der Waals surface area contributed by atoms with Gasteiger partial charge in [-0.15, -0.1) is 22.7 Å². The number of hydrogen-bond donors (Lipinski definition) is 0. The van der Waals surface area contributed by atoms with Gasteiger partial charge in [-0.2, -0.15) is 0 Å². The van der Waals surface area contributed by atoms with Crippen LogP contribution in [0.2, 0.25) is 0 Å². The monoisotopic (exact) mass is 286 g/mol. The molecule has 0 atom stereocenters. The highest BCUT2D eigenvalue weighted by molar-refractivity contribution is 7.28. The van der Waals surface area contributed by atoms with Gasteiger partial charge in [0.1, 0.15) is 0 Å². The molecule has 0 saturated carbocycles. The first kappa shape index (κ1) is 11.3. The summed E-state index contributed by atoms with van der Waals surface area (Å²) in [6, 6.07) is 4.02. The summed E-state index contributed by atoms with van der Waals surface area (Å²) >= 11 is 3.09. The topological polar surface area (TPSA) is 34.1 Å². The summed E-state index contributed by atoms with van der Waals surface area (Å²) in [7, 11) is 0. The molecule has 0 saturated heterocycles. The predicted octanol–water partition coefficient (Wildman–Crippen LogP) is 4.23. The molecular formula is C15H10O2S2. The number of aryl methyl sites for hydroxylation is 2. The van der Waals surface area contributed by atoms with Crippen LogP contribution in [0.5, 0.6) is 0 Å². The first-order valence-corrected chi connectivity index (χ1v) is 7.86. The number of hydrogen-bond acceptors (Lipinski definition) is 4. The van der Waals surface area contributed by atoms with E-state index >= 15 is 0 Å². The van der Waals surface area contributed by atoms with Gasteiger partial charge in [0.25, 0.3) is 0 Å². The van der Waals surface area contributed by atoms with E-state index in [1.807, 2.05) is 12.1 Å². The summed E-state index contributed by atoms with van der Waals surface area (Å²) in [6.07, 6.45) is 5.19. The van der Waals surface area contributed by atoms with Crippen molar-refractivity contribution in [1.82, 2.24) is 0 Å². The van der Waals surface area contributed by atoms with Crippen molar-refractivity contribution < 1.29 is 9.59 Å². The zero-order chi connectivity index (χ0) is 13.0. The molecule has 0 spiro atoms. The molecular weight excluding hydrogens is 276 g/mol. The van der Waals surface area contributed by atoms with Gasteiger partial charge in [0, 0.05) is 0 Å². The van der Waals surface area contributed by atoms with Gasteiger partial charge in [-0.05, 0) is 53.3 Å². The number of carbonyl (C=O) groups is 2. The van der Waals surface area contributed by atoms with Gasteiger partial charge in [-0.3, -0.25) is 9.59 Å². The van der Waals surface area contributed by atoms with Gasteiger partial charge in [-0.25, -0.2) is 0 Å². The van der Waals surface area contributed by atoms with Gasteiger partial charge in [0.15, 0.2) is 12.6 Å². The molecule has 0 N–H and O–H groups in total. The van der Waals surface area contributed by atoms with Gasteiger partial charge < -0.3 is 0 Å². The zero-order valence-corrected chi connectivity index (χ0v) is 11.7. The van der Waals surface area contributed by atoms with Crippen molar-refractivity contribution in [2.75, 3.05) is 0 Å². The van der Waals surface area contributed by atoms with E-state index in [9.17, 15) is 9.59 Å². The van der Waals surface area contributed by atoms with E-state index in [1.54, 1.807) is 22.7 Å². The van der Waals surface area contributed by atoms with Gasteiger partial charge in [0.2, 0.25) is 0 Å². The minimum absolute atomic E-state index is 0.776. The van der Waals surface area contributed by atoms with Crippen LogP contribution < -0.4 is 0 Å². The highest BCUT2D eigenvalue weighted by Crippen LogP contribution is 2.44. The van der Waals surface area contributed by atoms with Crippen LogP contribution in [0.25, 0.3) is 20.2 Å². The largest absolute Gasteiger partial charge is 0.297 e. The lowest BCUT2D eigenvalue weighted by molar-refractivity contribution is 0.111. The van der Waals surface area contributed by atoms with Crippen molar-refractivity contribution in [2.24, 2.45) is 0 Å². The van der Waals surface area contributed by atoms with Crippen LogP contribution in [-0.2, 0) is 12.8 Å². The average molecular weight is 286 g/mol. The van der Waals surface area contributed by atoms with E-state index in [0.29, 0.717) is 0 Å². The second-order valence-electron chi connectivity index (χ2n) is 4.83. The van der Waals surface area contributed by atoms with Crippen molar-refractivity contribution in [2.45, 2.75) is 19.3 Å². The molecule has 0 radical (unpaired) electrons. The third-order valence-corrected chi connectivity index (χ3v) is 6.09. The van der Waals surface area contributed by atoms with Crippen LogP contribution in [0.15, 0.2) is 12.1 Å². The highest BCUT2D eigenvalue weighted by Gasteiger charge is 2.22. The lowest BCUT2D eigenvalue weighted by Crippen LogP contribution is -1.83. The smallest absolute Gasteiger partial charge is 0.160 e. The normalized spacial score (nSPS) is 14.1. The molecule has 0 fully saturated rings. The molecule has 0 aliphatic heterocycles. The fraction of sp³-hybridized carbons (Fsp3) is 0.200. The Kier molecular flexibility index (Phi) is 2.37. The maximum absolute atomic E-state index is 11.0. The Hall–Kier alpha value is -1.52. The van der Waals surface area contributed by atoms with Crippen LogP contribution in [0.1, 0.15) is 36.9 Å². The third-order valence-electron chi connectivity index (χ3n) is 3.81. The van der Waals surface area contributed by atoms with Crippen molar-refractivity contribution in [3.05, 3.63) is 33.0 Å². The maximum Gasteiger partial charge on any atom is 0.160 e. The van der Waals surface area contributed by atoms with Crippen molar-refractivity contribution in [3.8, 4) is 0 Å². The highest BCUT2D eigenvalue weighted by atomic mass is 32.1.